The lowest BCUT2D eigenvalue weighted by atomic mass is 10.2. The van der Waals surface area contributed by atoms with Gasteiger partial charge in [-0.05, 0) is 13.0 Å². The average molecular weight is 264 g/mol. The second-order valence-corrected chi connectivity index (χ2v) is 3.82. The zero-order valence-corrected chi connectivity index (χ0v) is 10.9. The van der Waals surface area contributed by atoms with Crippen LogP contribution in [0.15, 0.2) is 23.3 Å². The molecule has 2 rings (SSSR count). The van der Waals surface area contributed by atoms with E-state index in [0.717, 1.165) is 0 Å². The van der Waals surface area contributed by atoms with Crippen molar-refractivity contribution in [2.24, 2.45) is 0 Å². The maximum atomic E-state index is 11.7. The Morgan fingerprint density at radius 2 is 2.00 bits per heavy atom. The lowest BCUT2D eigenvalue weighted by Gasteiger charge is -2.12. The monoisotopic (exact) mass is 264 g/mol. The lowest BCUT2D eigenvalue weighted by Crippen LogP contribution is -2.09. The molecule has 0 unspecified atom stereocenters. The van der Waals surface area contributed by atoms with Crippen molar-refractivity contribution in [1.82, 2.24) is 9.97 Å². The average Bonchev–Trinajstić information content (AvgIpc) is 2.41. The van der Waals surface area contributed by atoms with Gasteiger partial charge in [0.05, 0.1) is 30.4 Å². The normalized spacial score (nSPS) is 10.6. The maximum Gasteiger partial charge on any atom is 0.258 e. The number of hydrogen-bond acceptors (Lipinski definition) is 5. The largest absolute Gasteiger partial charge is 0.490 e. The number of H-pyrrole nitrogens is 1. The molecule has 1 heterocycles. The molecule has 2 aromatic rings. The minimum Gasteiger partial charge on any atom is -0.490 e. The summed E-state index contributed by atoms with van der Waals surface area (Å²) in [7, 11) is 1.60. The van der Waals surface area contributed by atoms with E-state index in [1.54, 1.807) is 19.2 Å². The quantitative estimate of drug-likeness (QED) is 0.797. The number of rotatable bonds is 6. The van der Waals surface area contributed by atoms with E-state index in [1.807, 2.05) is 6.92 Å². The van der Waals surface area contributed by atoms with Gasteiger partial charge in [0.2, 0.25) is 0 Å². The van der Waals surface area contributed by atoms with Gasteiger partial charge in [-0.3, -0.25) is 4.79 Å². The molecule has 19 heavy (non-hydrogen) atoms. The van der Waals surface area contributed by atoms with Crippen molar-refractivity contribution in [2.45, 2.75) is 6.92 Å². The van der Waals surface area contributed by atoms with Crippen LogP contribution in [-0.2, 0) is 4.74 Å². The molecule has 102 valence electrons. The van der Waals surface area contributed by atoms with Crippen LogP contribution in [0.1, 0.15) is 6.92 Å². The first-order valence-corrected chi connectivity index (χ1v) is 6.02. The highest BCUT2D eigenvalue weighted by Gasteiger charge is 2.10. The summed E-state index contributed by atoms with van der Waals surface area (Å²) >= 11 is 0. The van der Waals surface area contributed by atoms with Gasteiger partial charge in [0, 0.05) is 13.2 Å². The Bertz CT molecular complexity index is 609. The van der Waals surface area contributed by atoms with Crippen molar-refractivity contribution < 1.29 is 14.2 Å². The molecular formula is C13H16N2O4. The molecule has 0 saturated carbocycles. The summed E-state index contributed by atoms with van der Waals surface area (Å²) in [6.45, 7) is 3.25. The number of benzene rings is 1. The molecule has 1 aromatic carbocycles. The van der Waals surface area contributed by atoms with E-state index < -0.39 is 0 Å². The molecule has 0 radical (unpaired) electrons. The number of hydrogen-bond donors (Lipinski definition) is 1. The third kappa shape index (κ3) is 3.03. The zero-order valence-electron chi connectivity index (χ0n) is 10.9. The SMILES string of the molecule is CCOc1cc2nc[nH]c(=O)c2cc1OCCOC. The predicted molar refractivity (Wildman–Crippen MR) is 70.9 cm³/mol. The van der Waals surface area contributed by atoms with Crippen molar-refractivity contribution in [2.75, 3.05) is 26.9 Å². The Hall–Kier alpha value is -2.08. The summed E-state index contributed by atoms with van der Waals surface area (Å²) in [5, 5.41) is 0.471. The molecule has 6 nitrogen and oxygen atoms in total. The Kier molecular flexibility index (Phi) is 4.35. The van der Waals surface area contributed by atoms with Gasteiger partial charge in [0.15, 0.2) is 11.5 Å². The van der Waals surface area contributed by atoms with E-state index >= 15 is 0 Å². The number of ether oxygens (including phenoxy) is 3. The summed E-state index contributed by atoms with van der Waals surface area (Å²) in [5.41, 5.74) is 0.371. The first-order valence-electron chi connectivity index (χ1n) is 6.02. The number of aromatic amines is 1. The Balaban J connectivity index is 2.42. The highest BCUT2D eigenvalue weighted by Crippen LogP contribution is 2.30. The van der Waals surface area contributed by atoms with Crippen LogP contribution in [0.25, 0.3) is 10.9 Å². The predicted octanol–water partition coefficient (Wildman–Crippen LogP) is 1.35. The van der Waals surface area contributed by atoms with Crippen molar-refractivity contribution in [1.29, 1.82) is 0 Å². The molecule has 0 aliphatic carbocycles. The standard InChI is InChI=1S/C13H16N2O4/c1-3-18-12-7-10-9(13(16)15-8-14-10)6-11(12)19-5-4-17-2/h6-8H,3-5H2,1-2H3,(H,14,15,16). The van der Waals surface area contributed by atoms with Crippen molar-refractivity contribution in [3.8, 4) is 11.5 Å². The molecule has 0 bridgehead atoms. The molecule has 0 spiro atoms. The van der Waals surface area contributed by atoms with Gasteiger partial charge in [0.25, 0.3) is 5.56 Å². The molecular weight excluding hydrogens is 248 g/mol. The maximum absolute atomic E-state index is 11.7. The number of fused-ring (bicyclic) bond motifs is 1. The third-order valence-electron chi connectivity index (χ3n) is 2.55. The molecule has 1 N–H and O–H groups in total. The summed E-state index contributed by atoms with van der Waals surface area (Å²) < 4.78 is 16.0. The topological polar surface area (TPSA) is 73.4 Å². The van der Waals surface area contributed by atoms with Gasteiger partial charge in [-0.25, -0.2) is 4.98 Å². The van der Waals surface area contributed by atoms with Crippen molar-refractivity contribution >= 4 is 10.9 Å². The summed E-state index contributed by atoms with van der Waals surface area (Å²) in [5.74, 6) is 1.09. The van der Waals surface area contributed by atoms with Crippen molar-refractivity contribution in [3.05, 3.63) is 28.8 Å². The number of aromatic nitrogens is 2. The van der Waals surface area contributed by atoms with Crippen LogP contribution in [0.3, 0.4) is 0 Å². The summed E-state index contributed by atoms with van der Waals surface area (Å²) in [4.78, 5) is 18.4. The second kappa shape index (κ2) is 6.19. The highest BCUT2D eigenvalue weighted by molar-refractivity contribution is 5.81. The number of nitrogens with one attached hydrogen (secondary N) is 1. The highest BCUT2D eigenvalue weighted by atomic mass is 16.5. The third-order valence-corrected chi connectivity index (χ3v) is 2.55. The van der Waals surface area contributed by atoms with Crippen LogP contribution in [0.2, 0.25) is 0 Å². The van der Waals surface area contributed by atoms with E-state index in [9.17, 15) is 4.79 Å². The molecule has 0 amide bonds. The smallest absolute Gasteiger partial charge is 0.258 e. The Morgan fingerprint density at radius 1 is 1.21 bits per heavy atom. The molecule has 0 fully saturated rings. The van der Waals surface area contributed by atoms with Gasteiger partial charge in [0.1, 0.15) is 6.61 Å². The van der Waals surface area contributed by atoms with E-state index in [1.165, 1.54) is 6.33 Å². The molecule has 1 aromatic heterocycles. The Labute approximate surface area is 110 Å². The van der Waals surface area contributed by atoms with E-state index in [-0.39, 0.29) is 5.56 Å². The van der Waals surface area contributed by atoms with Gasteiger partial charge in [-0.15, -0.1) is 0 Å². The molecule has 6 heteroatoms. The van der Waals surface area contributed by atoms with Gasteiger partial charge in [-0.2, -0.15) is 0 Å². The molecule has 0 atom stereocenters. The molecule has 0 aliphatic rings. The Morgan fingerprint density at radius 3 is 2.74 bits per heavy atom. The van der Waals surface area contributed by atoms with Gasteiger partial charge >= 0.3 is 0 Å². The first-order chi connectivity index (χ1) is 9.26. The van der Waals surface area contributed by atoms with Crippen molar-refractivity contribution in [3.63, 3.8) is 0 Å². The van der Waals surface area contributed by atoms with Gasteiger partial charge in [-0.1, -0.05) is 0 Å². The minimum absolute atomic E-state index is 0.204. The lowest BCUT2D eigenvalue weighted by molar-refractivity contribution is 0.143. The number of methoxy groups -OCH3 is 1. The van der Waals surface area contributed by atoms with Crippen LogP contribution in [-0.4, -0.2) is 36.9 Å². The fourth-order valence-corrected chi connectivity index (χ4v) is 1.69. The number of nitrogens with zero attached hydrogens (tertiary/aromatic N) is 1. The molecule has 0 saturated heterocycles. The van der Waals surface area contributed by atoms with Crippen LogP contribution in [0.4, 0.5) is 0 Å². The summed E-state index contributed by atoms with van der Waals surface area (Å²) in [6, 6.07) is 3.35. The molecule has 0 aliphatic heterocycles. The van der Waals surface area contributed by atoms with Crippen LogP contribution >= 0.6 is 0 Å². The summed E-state index contributed by atoms with van der Waals surface area (Å²) in [6.07, 6.45) is 1.37. The van der Waals surface area contributed by atoms with Crippen LogP contribution < -0.4 is 15.0 Å². The van der Waals surface area contributed by atoms with E-state index in [0.29, 0.717) is 42.2 Å². The van der Waals surface area contributed by atoms with E-state index in [2.05, 4.69) is 9.97 Å². The zero-order chi connectivity index (χ0) is 13.7. The van der Waals surface area contributed by atoms with E-state index in [4.69, 9.17) is 14.2 Å². The minimum atomic E-state index is -0.204. The van der Waals surface area contributed by atoms with Gasteiger partial charge < -0.3 is 19.2 Å². The fourth-order valence-electron chi connectivity index (χ4n) is 1.69. The fraction of sp³-hybridized carbons (Fsp3) is 0.385. The second-order valence-electron chi connectivity index (χ2n) is 3.82. The first kappa shape index (κ1) is 13.4. The van der Waals surface area contributed by atoms with Crippen LogP contribution in [0, 0.1) is 0 Å². The van der Waals surface area contributed by atoms with Crippen LogP contribution in [0.5, 0.6) is 11.5 Å².